The first-order valence-electron chi connectivity index (χ1n) is 11.8. The van der Waals surface area contributed by atoms with Crippen molar-refractivity contribution in [3.8, 4) is 16.6 Å². The van der Waals surface area contributed by atoms with Crippen LogP contribution in [0.4, 0.5) is 10.8 Å². The first kappa shape index (κ1) is 23.9. The SMILES string of the molecule is Cc1ccc(C(=O)NC2CC2)cc1Nc1nc(-c2ccc(C#N)s2)c(C(=O)CCc2ccccc2)s1. The lowest BCUT2D eigenvalue weighted by Gasteiger charge is -2.10. The van der Waals surface area contributed by atoms with Gasteiger partial charge in [-0.25, -0.2) is 4.98 Å². The predicted molar refractivity (Wildman–Crippen MR) is 144 cm³/mol. The zero-order chi connectivity index (χ0) is 25.1. The number of aryl methyl sites for hydroxylation is 2. The molecule has 1 amide bonds. The van der Waals surface area contributed by atoms with E-state index in [4.69, 9.17) is 4.98 Å². The molecule has 5 rings (SSSR count). The first-order valence-corrected chi connectivity index (χ1v) is 13.4. The van der Waals surface area contributed by atoms with Crippen molar-refractivity contribution < 1.29 is 9.59 Å². The number of ketones is 1. The summed E-state index contributed by atoms with van der Waals surface area (Å²) in [6.45, 7) is 1.96. The summed E-state index contributed by atoms with van der Waals surface area (Å²) in [4.78, 5) is 32.5. The second-order valence-electron chi connectivity index (χ2n) is 8.78. The molecule has 0 bridgehead atoms. The molecule has 0 spiro atoms. The maximum atomic E-state index is 13.3. The lowest BCUT2D eigenvalue weighted by atomic mass is 10.1. The zero-order valence-corrected chi connectivity index (χ0v) is 21.3. The molecule has 36 heavy (non-hydrogen) atoms. The van der Waals surface area contributed by atoms with Crippen LogP contribution in [0.2, 0.25) is 0 Å². The van der Waals surface area contributed by atoms with E-state index in [1.54, 1.807) is 6.07 Å². The van der Waals surface area contributed by atoms with Crippen LogP contribution in [0.3, 0.4) is 0 Å². The second-order valence-corrected chi connectivity index (χ2v) is 10.9. The normalized spacial score (nSPS) is 12.7. The van der Waals surface area contributed by atoms with Crippen LogP contribution >= 0.6 is 22.7 Å². The van der Waals surface area contributed by atoms with Gasteiger partial charge < -0.3 is 10.6 Å². The van der Waals surface area contributed by atoms with Gasteiger partial charge >= 0.3 is 0 Å². The lowest BCUT2D eigenvalue weighted by molar-refractivity contribution is 0.0949. The summed E-state index contributed by atoms with van der Waals surface area (Å²) in [5, 5.41) is 16.2. The third-order valence-electron chi connectivity index (χ3n) is 5.97. The Hall–Kier alpha value is -3.80. The fourth-order valence-corrected chi connectivity index (χ4v) is 5.60. The Bertz CT molecular complexity index is 1460. The molecule has 0 atom stereocenters. The molecule has 1 aliphatic rings. The van der Waals surface area contributed by atoms with E-state index in [0.29, 0.717) is 39.0 Å². The van der Waals surface area contributed by atoms with Crippen molar-refractivity contribution in [2.45, 2.75) is 38.6 Å². The molecule has 1 aliphatic carbocycles. The van der Waals surface area contributed by atoms with E-state index in [-0.39, 0.29) is 17.7 Å². The van der Waals surface area contributed by atoms with Crippen LogP contribution in [0.1, 0.15) is 55.3 Å². The number of nitriles is 1. The molecule has 1 saturated carbocycles. The quantitative estimate of drug-likeness (QED) is 0.250. The number of hydrogen-bond donors (Lipinski definition) is 2. The monoisotopic (exact) mass is 512 g/mol. The maximum Gasteiger partial charge on any atom is 0.251 e. The number of carbonyl (C=O) groups is 2. The minimum atomic E-state index is -0.0835. The Balaban J connectivity index is 1.42. The Kier molecular flexibility index (Phi) is 6.94. The molecule has 8 heteroatoms. The van der Waals surface area contributed by atoms with Gasteiger partial charge in [-0.05, 0) is 61.6 Å². The molecule has 0 aliphatic heterocycles. The standard InChI is InChI=1S/C28H24N4O2S2/c1-17-7-9-19(27(34)30-20-10-11-20)15-22(17)31-28-32-25(24-14-12-21(16-29)35-24)26(36-28)23(33)13-8-18-5-3-2-4-6-18/h2-7,9,12,14-15,20H,8,10-11,13H2,1H3,(H,30,34)(H,31,32). The lowest BCUT2D eigenvalue weighted by Crippen LogP contribution is -2.25. The highest BCUT2D eigenvalue weighted by atomic mass is 32.1. The highest BCUT2D eigenvalue weighted by molar-refractivity contribution is 7.19. The van der Waals surface area contributed by atoms with Gasteiger partial charge in [0.1, 0.15) is 21.5 Å². The van der Waals surface area contributed by atoms with E-state index >= 15 is 0 Å². The minimum Gasteiger partial charge on any atom is -0.349 e. The van der Waals surface area contributed by atoms with Gasteiger partial charge in [-0.2, -0.15) is 5.26 Å². The van der Waals surface area contributed by atoms with Crippen LogP contribution in [0.5, 0.6) is 0 Å². The van der Waals surface area contributed by atoms with Crippen LogP contribution in [-0.4, -0.2) is 22.7 Å². The van der Waals surface area contributed by atoms with E-state index in [0.717, 1.165) is 34.5 Å². The molecule has 6 nitrogen and oxygen atoms in total. The fourth-order valence-electron chi connectivity index (χ4n) is 3.78. The van der Waals surface area contributed by atoms with Crippen molar-refractivity contribution in [3.05, 3.63) is 87.1 Å². The van der Waals surface area contributed by atoms with Gasteiger partial charge in [0.2, 0.25) is 0 Å². The van der Waals surface area contributed by atoms with Gasteiger partial charge in [0.15, 0.2) is 10.9 Å². The summed E-state index contributed by atoms with van der Waals surface area (Å²) in [6.07, 6.45) is 3.07. The molecule has 2 N–H and O–H groups in total. The smallest absolute Gasteiger partial charge is 0.251 e. The molecule has 0 saturated heterocycles. The Morgan fingerprint density at radius 1 is 1.08 bits per heavy atom. The van der Waals surface area contributed by atoms with Crippen molar-refractivity contribution in [1.29, 1.82) is 5.26 Å². The molecular weight excluding hydrogens is 488 g/mol. The molecule has 4 aromatic rings. The van der Waals surface area contributed by atoms with Crippen LogP contribution in [-0.2, 0) is 6.42 Å². The van der Waals surface area contributed by atoms with Crippen molar-refractivity contribution in [1.82, 2.24) is 10.3 Å². The second kappa shape index (κ2) is 10.4. The van der Waals surface area contributed by atoms with Crippen LogP contribution in [0.25, 0.3) is 10.6 Å². The van der Waals surface area contributed by atoms with Gasteiger partial charge in [-0.3, -0.25) is 9.59 Å². The molecular formula is C28H24N4O2S2. The number of aromatic nitrogens is 1. The molecule has 1 fully saturated rings. The highest BCUT2D eigenvalue weighted by Gasteiger charge is 2.24. The number of hydrogen-bond acceptors (Lipinski definition) is 7. The largest absolute Gasteiger partial charge is 0.349 e. The minimum absolute atomic E-state index is 0.0144. The molecule has 2 aromatic heterocycles. The summed E-state index contributed by atoms with van der Waals surface area (Å²) in [5.41, 5.74) is 4.02. The number of nitrogens with zero attached hydrogens (tertiary/aromatic N) is 2. The van der Waals surface area contributed by atoms with E-state index in [9.17, 15) is 14.9 Å². The van der Waals surface area contributed by atoms with E-state index in [1.807, 2.05) is 61.5 Å². The first-order chi connectivity index (χ1) is 17.5. The number of thiazole rings is 1. The molecule has 180 valence electrons. The van der Waals surface area contributed by atoms with Gasteiger partial charge in [0.25, 0.3) is 5.91 Å². The van der Waals surface area contributed by atoms with Crippen molar-refractivity contribution in [3.63, 3.8) is 0 Å². The van der Waals surface area contributed by atoms with Crippen LogP contribution in [0.15, 0.2) is 60.7 Å². The number of amides is 1. The summed E-state index contributed by atoms with van der Waals surface area (Å²) in [5.74, 6) is -0.0691. The summed E-state index contributed by atoms with van der Waals surface area (Å²) >= 11 is 2.63. The number of rotatable bonds is 9. The number of thiophene rings is 1. The van der Waals surface area contributed by atoms with Gasteiger partial charge in [0.05, 0.1) is 4.88 Å². The van der Waals surface area contributed by atoms with Crippen molar-refractivity contribution >= 4 is 45.2 Å². The van der Waals surface area contributed by atoms with Gasteiger partial charge in [-0.15, -0.1) is 11.3 Å². The van der Waals surface area contributed by atoms with Crippen LogP contribution < -0.4 is 10.6 Å². The predicted octanol–water partition coefficient (Wildman–Crippen LogP) is 6.50. The molecule has 2 heterocycles. The van der Waals surface area contributed by atoms with Crippen molar-refractivity contribution in [2.75, 3.05) is 5.32 Å². The van der Waals surface area contributed by atoms with Gasteiger partial charge in [-0.1, -0.05) is 47.7 Å². The maximum absolute atomic E-state index is 13.3. The van der Waals surface area contributed by atoms with E-state index in [1.165, 1.54) is 22.7 Å². The summed E-state index contributed by atoms with van der Waals surface area (Å²) in [7, 11) is 0. The third-order valence-corrected chi connectivity index (χ3v) is 7.98. The van der Waals surface area contributed by atoms with E-state index < -0.39 is 0 Å². The summed E-state index contributed by atoms with van der Waals surface area (Å²) in [6, 6.07) is 21.5. The molecule has 0 radical (unpaired) electrons. The fraction of sp³-hybridized carbons (Fsp3) is 0.214. The van der Waals surface area contributed by atoms with E-state index in [2.05, 4.69) is 16.7 Å². The topological polar surface area (TPSA) is 94.9 Å². The van der Waals surface area contributed by atoms with Crippen molar-refractivity contribution in [2.24, 2.45) is 0 Å². The Morgan fingerprint density at radius 3 is 2.61 bits per heavy atom. The van der Waals surface area contributed by atoms with Gasteiger partial charge in [0, 0.05) is 23.7 Å². The number of Topliss-reactive ketones (excluding diaryl/α,β-unsaturated/α-hetero) is 1. The number of carbonyl (C=O) groups excluding carboxylic acids is 2. The average molecular weight is 513 g/mol. The number of benzene rings is 2. The molecule has 2 aromatic carbocycles. The third kappa shape index (κ3) is 5.54. The average Bonchev–Trinajstić information content (AvgIpc) is 3.40. The number of nitrogens with one attached hydrogen (secondary N) is 2. The number of anilines is 2. The Morgan fingerprint density at radius 2 is 1.89 bits per heavy atom. The molecule has 0 unspecified atom stereocenters. The highest BCUT2D eigenvalue weighted by Crippen LogP contribution is 2.37. The zero-order valence-electron chi connectivity index (χ0n) is 19.7. The van der Waals surface area contributed by atoms with Crippen LogP contribution in [0, 0.1) is 18.3 Å². The summed E-state index contributed by atoms with van der Waals surface area (Å²) < 4.78 is 0. The Labute approximate surface area is 217 Å².